The van der Waals surface area contributed by atoms with Gasteiger partial charge in [0.05, 0.1) is 5.52 Å². The van der Waals surface area contributed by atoms with Crippen LogP contribution in [0.5, 0.6) is 0 Å². The third kappa shape index (κ3) is 1.70. The maximum absolute atomic E-state index is 11.3. The zero-order valence-electron chi connectivity index (χ0n) is 9.93. The first-order valence-corrected chi connectivity index (χ1v) is 5.45. The average Bonchev–Trinajstić information content (AvgIpc) is 2.66. The Hall–Kier alpha value is -2.08. The number of aromatic nitrogens is 1. The lowest BCUT2D eigenvalue weighted by Crippen LogP contribution is -2.40. The molecular weight excluding hydrogens is 238 g/mol. The minimum Gasteiger partial charge on any atom is -0.479 e. The van der Waals surface area contributed by atoms with Crippen LogP contribution in [0.25, 0.3) is 11.1 Å². The standard InChI is InChI=1S/C12H13NO5/c1-6(2)12(17,10(14)15)7-3-4-9-8(5-7)13-11(16)18-9/h3-6,17H,1-2H3,(H,13,16)(H,14,15). The maximum atomic E-state index is 11.3. The van der Waals surface area contributed by atoms with E-state index in [2.05, 4.69) is 4.98 Å². The van der Waals surface area contributed by atoms with E-state index in [1.807, 2.05) is 0 Å². The summed E-state index contributed by atoms with van der Waals surface area (Å²) < 4.78 is 4.82. The van der Waals surface area contributed by atoms with Gasteiger partial charge >= 0.3 is 11.7 Å². The van der Waals surface area contributed by atoms with E-state index in [1.54, 1.807) is 13.8 Å². The van der Waals surface area contributed by atoms with Crippen molar-refractivity contribution in [1.29, 1.82) is 0 Å². The van der Waals surface area contributed by atoms with Gasteiger partial charge in [0.15, 0.2) is 11.2 Å². The first-order chi connectivity index (χ1) is 8.35. The van der Waals surface area contributed by atoms with E-state index in [4.69, 9.17) is 4.42 Å². The number of carboxylic acids is 1. The average molecular weight is 251 g/mol. The summed E-state index contributed by atoms with van der Waals surface area (Å²) in [6, 6.07) is 4.31. The topological polar surface area (TPSA) is 104 Å². The van der Waals surface area contributed by atoms with Crippen LogP contribution in [0.15, 0.2) is 27.4 Å². The normalized spacial score (nSPS) is 14.9. The van der Waals surface area contributed by atoms with Crippen LogP contribution in [0.2, 0.25) is 0 Å². The minimum atomic E-state index is -2.00. The van der Waals surface area contributed by atoms with Gasteiger partial charge in [-0.25, -0.2) is 9.59 Å². The van der Waals surface area contributed by atoms with Gasteiger partial charge in [0.25, 0.3) is 0 Å². The Kier molecular flexibility index (Phi) is 2.74. The Labute approximate surface area is 102 Å². The van der Waals surface area contributed by atoms with Crippen LogP contribution < -0.4 is 5.76 Å². The molecule has 1 aromatic heterocycles. The zero-order valence-corrected chi connectivity index (χ0v) is 9.93. The summed E-state index contributed by atoms with van der Waals surface area (Å²) >= 11 is 0. The molecule has 1 heterocycles. The van der Waals surface area contributed by atoms with Gasteiger partial charge in [-0.2, -0.15) is 0 Å². The molecule has 3 N–H and O–H groups in total. The van der Waals surface area contributed by atoms with Crippen molar-refractivity contribution >= 4 is 17.1 Å². The number of benzene rings is 1. The van der Waals surface area contributed by atoms with Crippen LogP contribution in [0, 0.1) is 5.92 Å². The molecule has 1 unspecified atom stereocenters. The highest BCUT2D eigenvalue weighted by Gasteiger charge is 2.41. The van der Waals surface area contributed by atoms with Gasteiger partial charge in [-0.05, 0) is 23.6 Å². The molecule has 0 saturated heterocycles. The molecule has 2 rings (SSSR count). The molecule has 18 heavy (non-hydrogen) atoms. The number of fused-ring (bicyclic) bond motifs is 1. The van der Waals surface area contributed by atoms with Crippen molar-refractivity contribution in [2.45, 2.75) is 19.4 Å². The smallest absolute Gasteiger partial charge is 0.417 e. The predicted molar refractivity (Wildman–Crippen MR) is 63.2 cm³/mol. The van der Waals surface area contributed by atoms with Gasteiger partial charge in [-0.3, -0.25) is 4.98 Å². The van der Waals surface area contributed by atoms with Crippen LogP contribution in [0.4, 0.5) is 0 Å². The van der Waals surface area contributed by atoms with Crippen LogP contribution >= 0.6 is 0 Å². The molecule has 0 saturated carbocycles. The van der Waals surface area contributed by atoms with Crippen LogP contribution in [0.3, 0.4) is 0 Å². The number of carboxylic acid groups (broad SMARTS) is 1. The van der Waals surface area contributed by atoms with Crippen molar-refractivity contribution in [3.63, 3.8) is 0 Å². The van der Waals surface area contributed by atoms with Crippen molar-refractivity contribution < 1.29 is 19.4 Å². The summed E-state index contributed by atoms with van der Waals surface area (Å²) in [6.07, 6.45) is 0. The monoisotopic (exact) mass is 251 g/mol. The summed E-state index contributed by atoms with van der Waals surface area (Å²) in [5.74, 6) is -2.47. The number of nitrogens with one attached hydrogen (secondary N) is 1. The fourth-order valence-corrected chi connectivity index (χ4v) is 1.89. The molecule has 1 atom stereocenters. The molecule has 6 nitrogen and oxygen atoms in total. The molecule has 6 heteroatoms. The molecule has 0 aliphatic carbocycles. The molecule has 0 aliphatic rings. The minimum absolute atomic E-state index is 0.203. The third-order valence-electron chi connectivity index (χ3n) is 3.02. The van der Waals surface area contributed by atoms with Crippen molar-refractivity contribution in [3.8, 4) is 0 Å². The first kappa shape index (κ1) is 12.4. The Bertz CT molecular complexity index is 654. The van der Waals surface area contributed by atoms with Crippen molar-refractivity contribution in [2.24, 2.45) is 5.92 Å². The van der Waals surface area contributed by atoms with Crippen LogP contribution in [-0.4, -0.2) is 21.2 Å². The Morgan fingerprint density at radius 2 is 2.11 bits per heavy atom. The second-order valence-corrected chi connectivity index (χ2v) is 4.45. The number of aliphatic hydroxyl groups is 1. The molecule has 96 valence electrons. The Balaban J connectivity index is 2.65. The SMILES string of the molecule is CC(C)C(O)(C(=O)O)c1ccc2oc(=O)[nH]c2c1. The highest BCUT2D eigenvalue weighted by Crippen LogP contribution is 2.31. The van der Waals surface area contributed by atoms with E-state index < -0.39 is 23.2 Å². The molecular formula is C12H13NO5. The molecule has 0 aliphatic heterocycles. The second-order valence-electron chi connectivity index (χ2n) is 4.45. The molecule has 0 amide bonds. The van der Waals surface area contributed by atoms with Crippen molar-refractivity contribution in [3.05, 3.63) is 34.3 Å². The number of carbonyl (C=O) groups is 1. The van der Waals surface area contributed by atoms with Crippen molar-refractivity contribution in [2.75, 3.05) is 0 Å². The number of aromatic amines is 1. The molecule has 0 radical (unpaired) electrons. The lowest BCUT2D eigenvalue weighted by Gasteiger charge is -2.27. The third-order valence-corrected chi connectivity index (χ3v) is 3.02. The number of hydrogen-bond acceptors (Lipinski definition) is 4. The van der Waals surface area contributed by atoms with E-state index in [1.165, 1.54) is 18.2 Å². The zero-order chi connectivity index (χ0) is 13.5. The molecule has 2 aromatic rings. The Morgan fingerprint density at radius 3 is 2.67 bits per heavy atom. The molecule has 0 fully saturated rings. The predicted octanol–water partition coefficient (Wildman–Crippen LogP) is 1.05. The van der Waals surface area contributed by atoms with E-state index in [0.717, 1.165) is 0 Å². The summed E-state index contributed by atoms with van der Waals surface area (Å²) in [5, 5.41) is 19.5. The molecule has 1 aromatic carbocycles. The van der Waals surface area contributed by atoms with Gasteiger partial charge in [0, 0.05) is 0 Å². The summed E-state index contributed by atoms with van der Waals surface area (Å²) in [7, 11) is 0. The number of aliphatic carboxylic acids is 1. The number of rotatable bonds is 3. The van der Waals surface area contributed by atoms with Crippen LogP contribution in [-0.2, 0) is 10.4 Å². The lowest BCUT2D eigenvalue weighted by molar-refractivity contribution is -0.165. The van der Waals surface area contributed by atoms with E-state index >= 15 is 0 Å². The number of H-pyrrole nitrogens is 1. The highest BCUT2D eigenvalue weighted by molar-refractivity contribution is 5.82. The quantitative estimate of drug-likeness (QED) is 0.756. The van der Waals surface area contributed by atoms with Crippen molar-refractivity contribution in [1.82, 2.24) is 4.98 Å². The fraction of sp³-hybridized carbons (Fsp3) is 0.333. The van der Waals surface area contributed by atoms with Gasteiger partial charge in [-0.1, -0.05) is 19.9 Å². The first-order valence-electron chi connectivity index (χ1n) is 5.45. The summed E-state index contributed by atoms with van der Waals surface area (Å²) in [4.78, 5) is 24.7. The lowest BCUT2D eigenvalue weighted by atomic mass is 9.83. The van der Waals surface area contributed by atoms with E-state index in [9.17, 15) is 19.8 Å². The summed E-state index contributed by atoms with van der Waals surface area (Å²) in [6.45, 7) is 3.22. The second kappa shape index (κ2) is 3.99. The molecule has 0 spiro atoms. The van der Waals surface area contributed by atoms with Gasteiger partial charge in [0.2, 0.25) is 0 Å². The number of oxazole rings is 1. The van der Waals surface area contributed by atoms with Gasteiger partial charge in [0.1, 0.15) is 0 Å². The van der Waals surface area contributed by atoms with E-state index in [-0.39, 0.29) is 5.56 Å². The maximum Gasteiger partial charge on any atom is 0.417 e. The fourth-order valence-electron chi connectivity index (χ4n) is 1.89. The van der Waals surface area contributed by atoms with E-state index in [0.29, 0.717) is 11.1 Å². The Morgan fingerprint density at radius 1 is 1.44 bits per heavy atom. The number of hydrogen-bond donors (Lipinski definition) is 3. The summed E-state index contributed by atoms with van der Waals surface area (Å²) in [5.41, 5.74) is -1.12. The largest absolute Gasteiger partial charge is 0.479 e. The van der Waals surface area contributed by atoms with Crippen LogP contribution in [0.1, 0.15) is 19.4 Å². The molecule has 0 bridgehead atoms. The highest BCUT2D eigenvalue weighted by atomic mass is 16.4. The van der Waals surface area contributed by atoms with Gasteiger partial charge < -0.3 is 14.6 Å². The van der Waals surface area contributed by atoms with Gasteiger partial charge in [-0.15, -0.1) is 0 Å².